The van der Waals surface area contributed by atoms with Crippen LogP contribution in [0.5, 0.6) is 0 Å². The van der Waals surface area contributed by atoms with Crippen molar-refractivity contribution in [2.24, 2.45) is 0 Å². The van der Waals surface area contributed by atoms with Crippen molar-refractivity contribution in [3.8, 4) is 0 Å². The molecule has 0 aliphatic heterocycles. The van der Waals surface area contributed by atoms with E-state index in [0.29, 0.717) is 41.9 Å². The van der Waals surface area contributed by atoms with Crippen molar-refractivity contribution in [1.29, 1.82) is 0 Å². The third kappa shape index (κ3) is 5.93. The highest BCUT2D eigenvalue weighted by Gasteiger charge is 2.08. The van der Waals surface area contributed by atoms with Gasteiger partial charge in [-0.2, -0.15) is 8.78 Å². The molecule has 7 heteroatoms. The number of hydrogen-bond donors (Lipinski definition) is 1. The number of alkyl halides is 2. The first-order chi connectivity index (χ1) is 11.1. The molecule has 1 heterocycles. The molecule has 23 heavy (non-hydrogen) atoms. The van der Waals surface area contributed by atoms with E-state index in [0.717, 1.165) is 5.56 Å². The van der Waals surface area contributed by atoms with Crippen molar-refractivity contribution in [3.05, 3.63) is 58.8 Å². The van der Waals surface area contributed by atoms with Gasteiger partial charge in [0.1, 0.15) is 17.3 Å². The average molecular weight is 345 g/mol. The van der Waals surface area contributed by atoms with Gasteiger partial charge in [-0.25, -0.2) is 4.39 Å². The van der Waals surface area contributed by atoms with Crippen LogP contribution in [0.4, 0.5) is 13.2 Å². The Balaban J connectivity index is 1.82. The molecule has 0 amide bonds. The monoisotopic (exact) mass is 345 g/mol. The molecular weight excluding hydrogens is 327 g/mol. The number of nitrogens with one attached hydrogen (secondary N) is 1. The topological polar surface area (TPSA) is 34.4 Å². The highest BCUT2D eigenvalue weighted by Crippen LogP contribution is 2.21. The lowest BCUT2D eigenvalue weighted by molar-refractivity contribution is 0.181. The number of ether oxygens (including phenoxy) is 1. The van der Waals surface area contributed by atoms with Gasteiger partial charge < -0.3 is 14.5 Å². The third-order valence-electron chi connectivity index (χ3n) is 3.11. The van der Waals surface area contributed by atoms with Crippen LogP contribution in [0.25, 0.3) is 0 Å². The predicted molar refractivity (Wildman–Crippen MR) is 83.7 cm³/mol. The molecule has 0 atom stereocenters. The number of furan rings is 1. The maximum absolute atomic E-state index is 13.5. The number of methoxy groups -OCH3 is 1. The lowest BCUT2D eigenvalue weighted by atomic mass is 10.1. The van der Waals surface area contributed by atoms with E-state index in [-0.39, 0.29) is 18.2 Å². The summed E-state index contributed by atoms with van der Waals surface area (Å²) in [5.41, 5.74) is 1.44. The fourth-order valence-electron chi connectivity index (χ4n) is 2.07. The number of hydrogen-bond acceptors (Lipinski definition) is 4. The molecule has 3 nitrogen and oxygen atoms in total. The zero-order valence-corrected chi connectivity index (χ0v) is 13.5. The predicted octanol–water partition coefficient (Wildman–Crippen LogP) is 4.31. The van der Waals surface area contributed by atoms with Gasteiger partial charge in [0.2, 0.25) is 0 Å². The van der Waals surface area contributed by atoms with Gasteiger partial charge in [0.25, 0.3) is 5.76 Å². The quantitative estimate of drug-likeness (QED) is 0.734. The van der Waals surface area contributed by atoms with E-state index in [1.54, 1.807) is 24.3 Å². The number of rotatable bonds is 9. The maximum atomic E-state index is 13.5. The second-order valence-electron chi connectivity index (χ2n) is 4.90. The van der Waals surface area contributed by atoms with E-state index in [9.17, 15) is 13.2 Å². The molecule has 126 valence electrons. The summed E-state index contributed by atoms with van der Waals surface area (Å²) in [6.07, 6.45) is 0. The summed E-state index contributed by atoms with van der Waals surface area (Å²) in [5.74, 6) is -1.34. The highest BCUT2D eigenvalue weighted by molar-refractivity contribution is 7.98. The second kappa shape index (κ2) is 9.00. The molecule has 0 aliphatic rings. The van der Waals surface area contributed by atoms with E-state index in [2.05, 4.69) is 5.32 Å². The fourth-order valence-corrected chi connectivity index (χ4v) is 2.52. The summed E-state index contributed by atoms with van der Waals surface area (Å²) in [7, 11) is 1.52. The summed E-state index contributed by atoms with van der Waals surface area (Å²) < 4.78 is 48.1. The summed E-state index contributed by atoms with van der Waals surface area (Å²) in [6, 6.07) is 8.32. The molecule has 2 aromatic rings. The lowest BCUT2D eigenvalue weighted by Gasteiger charge is -2.07. The molecule has 0 radical (unpaired) electrons. The minimum absolute atomic E-state index is 0.149. The fraction of sp³-hybridized carbons (Fsp3) is 0.375. The first-order valence-electron chi connectivity index (χ1n) is 7.03. The lowest BCUT2D eigenvalue weighted by Crippen LogP contribution is -2.12. The first kappa shape index (κ1) is 17.9. The molecular formula is C16H18F3NO2S. The number of benzene rings is 1. The molecule has 1 aromatic heterocycles. The normalized spacial score (nSPS) is 11.3. The zero-order chi connectivity index (χ0) is 16.7. The Morgan fingerprint density at radius 1 is 1.17 bits per heavy atom. The van der Waals surface area contributed by atoms with Crippen molar-refractivity contribution in [1.82, 2.24) is 5.32 Å². The molecule has 0 unspecified atom stereocenters. The second-order valence-corrected chi connectivity index (χ2v) is 5.88. The maximum Gasteiger partial charge on any atom is 0.284 e. The molecule has 0 bridgehead atoms. The van der Waals surface area contributed by atoms with Crippen LogP contribution >= 0.6 is 11.8 Å². The Bertz CT molecular complexity index is 619. The van der Waals surface area contributed by atoms with Gasteiger partial charge in [0.05, 0.1) is 18.9 Å². The van der Waals surface area contributed by atoms with Crippen LogP contribution in [0.3, 0.4) is 0 Å². The number of thioether (sulfide) groups is 1. The molecule has 1 aromatic carbocycles. The first-order valence-corrected chi connectivity index (χ1v) is 8.07. The molecule has 0 aliphatic carbocycles. The van der Waals surface area contributed by atoms with Crippen molar-refractivity contribution in [3.63, 3.8) is 0 Å². The number of halogens is 3. The van der Waals surface area contributed by atoms with Gasteiger partial charge in [-0.1, -0.05) is 17.8 Å². The smallest absolute Gasteiger partial charge is 0.284 e. The van der Waals surface area contributed by atoms with Crippen LogP contribution in [-0.4, -0.2) is 12.9 Å². The largest absolute Gasteiger partial charge is 0.464 e. The van der Waals surface area contributed by atoms with Gasteiger partial charge in [0, 0.05) is 19.2 Å². The Labute approximate surface area is 137 Å². The van der Waals surface area contributed by atoms with E-state index in [4.69, 9.17) is 9.15 Å². The van der Waals surface area contributed by atoms with E-state index in [1.807, 2.05) is 0 Å². The SMILES string of the molecule is COCc1cc(CNCc2ccc(CSC(F)F)o2)ccc1F. The van der Waals surface area contributed by atoms with Crippen LogP contribution in [0.15, 0.2) is 34.7 Å². The van der Waals surface area contributed by atoms with Crippen LogP contribution in [0, 0.1) is 5.82 Å². The van der Waals surface area contributed by atoms with Gasteiger partial charge in [-0.05, 0) is 29.8 Å². The molecule has 0 spiro atoms. The summed E-state index contributed by atoms with van der Waals surface area (Å²) >= 11 is 0.531. The standard InChI is InChI=1S/C16H18F3NO2S/c1-21-9-12-6-11(2-5-15(12)17)7-20-8-13-3-4-14(22-13)10-23-16(18)19/h2-6,16,20H,7-10H2,1H3. The Kier molecular flexibility index (Phi) is 7.01. The van der Waals surface area contributed by atoms with Gasteiger partial charge in [0.15, 0.2) is 0 Å². The summed E-state index contributed by atoms with van der Waals surface area (Å²) in [4.78, 5) is 0. The van der Waals surface area contributed by atoms with Crippen LogP contribution in [0.2, 0.25) is 0 Å². The third-order valence-corrected chi connectivity index (χ3v) is 3.81. The molecule has 0 saturated heterocycles. The van der Waals surface area contributed by atoms with Crippen LogP contribution < -0.4 is 5.32 Å². The van der Waals surface area contributed by atoms with Gasteiger partial charge >= 0.3 is 0 Å². The van der Waals surface area contributed by atoms with Crippen molar-refractivity contribution < 1.29 is 22.3 Å². The zero-order valence-electron chi connectivity index (χ0n) is 12.7. The molecule has 0 saturated carbocycles. The van der Waals surface area contributed by atoms with E-state index < -0.39 is 5.76 Å². The van der Waals surface area contributed by atoms with E-state index in [1.165, 1.54) is 13.2 Å². The average Bonchev–Trinajstić information content (AvgIpc) is 2.96. The van der Waals surface area contributed by atoms with Crippen molar-refractivity contribution in [2.45, 2.75) is 31.2 Å². The molecule has 2 rings (SSSR count). The molecule has 0 fully saturated rings. The summed E-state index contributed by atoms with van der Waals surface area (Å²) in [5, 5.41) is 3.17. The van der Waals surface area contributed by atoms with Gasteiger partial charge in [-0.15, -0.1) is 0 Å². The Morgan fingerprint density at radius 3 is 2.70 bits per heavy atom. The highest BCUT2D eigenvalue weighted by atomic mass is 32.2. The summed E-state index contributed by atoms with van der Waals surface area (Å²) in [6.45, 7) is 1.23. The van der Waals surface area contributed by atoms with Crippen molar-refractivity contribution >= 4 is 11.8 Å². The Hall–Kier alpha value is -1.44. The Morgan fingerprint density at radius 2 is 1.96 bits per heavy atom. The minimum Gasteiger partial charge on any atom is -0.464 e. The van der Waals surface area contributed by atoms with E-state index >= 15 is 0 Å². The van der Waals surface area contributed by atoms with Crippen LogP contribution in [0.1, 0.15) is 22.6 Å². The van der Waals surface area contributed by atoms with Gasteiger partial charge in [-0.3, -0.25) is 0 Å². The van der Waals surface area contributed by atoms with Crippen LogP contribution in [-0.2, 0) is 30.2 Å². The molecule has 1 N–H and O–H groups in total. The minimum atomic E-state index is -2.40. The van der Waals surface area contributed by atoms with Crippen molar-refractivity contribution in [2.75, 3.05) is 7.11 Å².